The molecule has 0 fully saturated rings. The van der Waals surface area contributed by atoms with Crippen molar-refractivity contribution in [2.45, 2.75) is 19.6 Å². The number of ether oxygens (including phenoxy) is 1. The Bertz CT molecular complexity index is 655. The van der Waals surface area contributed by atoms with Gasteiger partial charge in [0.05, 0.1) is 17.7 Å². The third-order valence-electron chi connectivity index (χ3n) is 2.89. The summed E-state index contributed by atoms with van der Waals surface area (Å²) < 4.78 is 42.2. The molecule has 1 N–H and O–H groups in total. The van der Waals surface area contributed by atoms with Gasteiger partial charge in [0.15, 0.2) is 0 Å². The van der Waals surface area contributed by atoms with Crippen molar-refractivity contribution in [1.82, 2.24) is 9.97 Å². The molecule has 0 aliphatic rings. The second-order valence-electron chi connectivity index (χ2n) is 4.56. The van der Waals surface area contributed by atoms with Gasteiger partial charge in [0, 0.05) is 18.9 Å². The first kappa shape index (κ1) is 16.7. The Morgan fingerprint density at radius 3 is 2.30 bits per heavy atom. The number of rotatable bonds is 5. The van der Waals surface area contributed by atoms with Crippen LogP contribution in [0.15, 0.2) is 36.7 Å². The largest absolute Gasteiger partial charge is 0.462 e. The highest BCUT2D eigenvalue weighted by atomic mass is 19.4. The lowest BCUT2D eigenvalue weighted by molar-refractivity contribution is -0.137. The molecular formula is C15H14F3N3O2. The van der Waals surface area contributed by atoms with Crippen molar-refractivity contribution in [3.63, 3.8) is 0 Å². The van der Waals surface area contributed by atoms with E-state index in [2.05, 4.69) is 15.3 Å². The molecule has 5 nitrogen and oxygen atoms in total. The van der Waals surface area contributed by atoms with Crippen molar-refractivity contribution >= 4 is 11.9 Å². The van der Waals surface area contributed by atoms with Gasteiger partial charge in [-0.3, -0.25) is 0 Å². The van der Waals surface area contributed by atoms with Crippen molar-refractivity contribution in [2.24, 2.45) is 0 Å². The Morgan fingerprint density at radius 1 is 1.17 bits per heavy atom. The summed E-state index contributed by atoms with van der Waals surface area (Å²) in [5.74, 6) is -0.250. The summed E-state index contributed by atoms with van der Waals surface area (Å²) in [4.78, 5) is 19.3. The van der Waals surface area contributed by atoms with Crippen LogP contribution in [-0.4, -0.2) is 22.5 Å². The first-order valence-corrected chi connectivity index (χ1v) is 6.79. The van der Waals surface area contributed by atoms with Crippen LogP contribution in [-0.2, 0) is 17.5 Å². The predicted molar refractivity (Wildman–Crippen MR) is 76.8 cm³/mol. The third-order valence-corrected chi connectivity index (χ3v) is 2.89. The van der Waals surface area contributed by atoms with Crippen LogP contribution in [0.1, 0.15) is 28.4 Å². The summed E-state index contributed by atoms with van der Waals surface area (Å²) in [5.41, 5.74) is 0.180. The Labute approximate surface area is 130 Å². The van der Waals surface area contributed by atoms with Gasteiger partial charge in [0.1, 0.15) is 0 Å². The van der Waals surface area contributed by atoms with Gasteiger partial charge in [-0.25, -0.2) is 14.8 Å². The highest BCUT2D eigenvalue weighted by Crippen LogP contribution is 2.29. The number of alkyl halides is 3. The number of esters is 1. The zero-order valence-electron chi connectivity index (χ0n) is 12.2. The minimum atomic E-state index is -4.35. The lowest BCUT2D eigenvalue weighted by Crippen LogP contribution is -2.09. The average Bonchev–Trinajstić information content (AvgIpc) is 2.53. The summed E-state index contributed by atoms with van der Waals surface area (Å²) >= 11 is 0. The number of aromatic nitrogens is 2. The molecule has 0 aliphatic heterocycles. The summed E-state index contributed by atoms with van der Waals surface area (Å²) in [6.45, 7) is 2.21. The molecule has 2 rings (SSSR count). The van der Waals surface area contributed by atoms with Crippen molar-refractivity contribution < 1.29 is 22.7 Å². The molecule has 23 heavy (non-hydrogen) atoms. The molecule has 122 valence electrons. The Balaban J connectivity index is 1.94. The fourth-order valence-electron chi connectivity index (χ4n) is 1.73. The molecule has 0 spiro atoms. The molecular weight excluding hydrogens is 311 g/mol. The second kappa shape index (κ2) is 7.08. The molecule has 1 heterocycles. The van der Waals surface area contributed by atoms with Crippen LogP contribution in [0.5, 0.6) is 0 Å². The van der Waals surface area contributed by atoms with Gasteiger partial charge in [0.25, 0.3) is 0 Å². The number of benzene rings is 1. The Hall–Kier alpha value is -2.64. The van der Waals surface area contributed by atoms with Crippen LogP contribution in [0, 0.1) is 0 Å². The number of anilines is 1. The lowest BCUT2D eigenvalue weighted by Gasteiger charge is -2.08. The fourth-order valence-corrected chi connectivity index (χ4v) is 1.73. The minimum absolute atomic E-state index is 0.229. The molecule has 0 atom stereocenters. The van der Waals surface area contributed by atoms with Crippen LogP contribution >= 0.6 is 0 Å². The number of hydrogen-bond donors (Lipinski definition) is 1. The minimum Gasteiger partial charge on any atom is -0.462 e. The zero-order valence-corrected chi connectivity index (χ0v) is 12.2. The van der Waals surface area contributed by atoms with E-state index in [-0.39, 0.29) is 24.7 Å². The topological polar surface area (TPSA) is 64.1 Å². The highest BCUT2D eigenvalue weighted by molar-refractivity contribution is 5.88. The number of nitrogens with zero attached hydrogens (tertiary/aromatic N) is 2. The van der Waals surface area contributed by atoms with E-state index < -0.39 is 17.7 Å². The van der Waals surface area contributed by atoms with Crippen molar-refractivity contribution in [3.8, 4) is 0 Å². The highest BCUT2D eigenvalue weighted by Gasteiger charge is 2.29. The molecule has 1 aromatic carbocycles. The molecule has 8 heteroatoms. The summed E-state index contributed by atoms with van der Waals surface area (Å²) in [5, 5.41) is 2.86. The SMILES string of the molecule is CCOC(=O)c1cnc(NCc2ccc(C(F)(F)F)cc2)nc1. The molecule has 0 radical (unpaired) electrons. The normalized spacial score (nSPS) is 11.1. The number of halogens is 3. The van der Waals surface area contributed by atoms with Crippen LogP contribution in [0.2, 0.25) is 0 Å². The number of carbonyl (C=O) groups is 1. The molecule has 0 bridgehead atoms. The first-order valence-electron chi connectivity index (χ1n) is 6.79. The maximum absolute atomic E-state index is 12.5. The molecule has 1 aromatic heterocycles. The monoisotopic (exact) mass is 325 g/mol. The molecule has 2 aromatic rings. The third kappa shape index (κ3) is 4.67. The van der Waals surface area contributed by atoms with E-state index in [9.17, 15) is 18.0 Å². The van der Waals surface area contributed by atoms with Crippen LogP contribution in [0.4, 0.5) is 19.1 Å². The van der Waals surface area contributed by atoms with Gasteiger partial charge in [-0.2, -0.15) is 13.2 Å². The van der Waals surface area contributed by atoms with E-state index in [1.54, 1.807) is 6.92 Å². The average molecular weight is 325 g/mol. The van der Waals surface area contributed by atoms with Gasteiger partial charge in [-0.1, -0.05) is 12.1 Å². The standard InChI is InChI=1S/C15H14F3N3O2/c1-2-23-13(22)11-8-20-14(21-9-11)19-7-10-3-5-12(6-4-10)15(16,17)18/h3-6,8-9H,2,7H2,1H3,(H,19,20,21). The maximum Gasteiger partial charge on any atom is 0.416 e. The van der Waals surface area contributed by atoms with E-state index in [0.29, 0.717) is 5.56 Å². The summed E-state index contributed by atoms with van der Waals surface area (Å²) in [7, 11) is 0. The van der Waals surface area contributed by atoms with Crippen molar-refractivity contribution in [3.05, 3.63) is 53.3 Å². The van der Waals surface area contributed by atoms with E-state index in [4.69, 9.17) is 4.74 Å². The summed E-state index contributed by atoms with van der Waals surface area (Å²) in [6.07, 6.45) is -1.71. The zero-order chi connectivity index (χ0) is 16.9. The fraction of sp³-hybridized carbons (Fsp3) is 0.267. The van der Waals surface area contributed by atoms with E-state index >= 15 is 0 Å². The maximum atomic E-state index is 12.5. The van der Waals surface area contributed by atoms with Gasteiger partial charge >= 0.3 is 12.1 Å². The molecule has 0 saturated carbocycles. The van der Waals surface area contributed by atoms with E-state index in [0.717, 1.165) is 12.1 Å². The van der Waals surface area contributed by atoms with Gasteiger partial charge in [0.2, 0.25) is 5.95 Å². The molecule has 0 saturated heterocycles. The van der Waals surface area contributed by atoms with Gasteiger partial charge < -0.3 is 10.1 Å². The molecule has 0 aliphatic carbocycles. The van der Waals surface area contributed by atoms with Gasteiger partial charge in [-0.05, 0) is 24.6 Å². The Kier molecular flexibility index (Phi) is 5.15. The van der Waals surface area contributed by atoms with E-state index in [1.807, 2.05) is 0 Å². The predicted octanol–water partition coefficient (Wildman–Crippen LogP) is 3.28. The van der Waals surface area contributed by atoms with Crippen LogP contribution < -0.4 is 5.32 Å². The van der Waals surface area contributed by atoms with Crippen LogP contribution in [0.25, 0.3) is 0 Å². The number of carbonyl (C=O) groups excluding carboxylic acids is 1. The number of hydrogen-bond acceptors (Lipinski definition) is 5. The van der Waals surface area contributed by atoms with Crippen molar-refractivity contribution in [2.75, 3.05) is 11.9 Å². The second-order valence-corrected chi connectivity index (χ2v) is 4.56. The van der Waals surface area contributed by atoms with Gasteiger partial charge in [-0.15, -0.1) is 0 Å². The van der Waals surface area contributed by atoms with E-state index in [1.165, 1.54) is 24.5 Å². The smallest absolute Gasteiger partial charge is 0.416 e. The molecule has 0 unspecified atom stereocenters. The lowest BCUT2D eigenvalue weighted by atomic mass is 10.1. The Morgan fingerprint density at radius 2 is 1.78 bits per heavy atom. The number of nitrogens with one attached hydrogen (secondary N) is 1. The first-order chi connectivity index (χ1) is 10.9. The quantitative estimate of drug-likeness (QED) is 0.855. The van der Waals surface area contributed by atoms with Crippen molar-refractivity contribution in [1.29, 1.82) is 0 Å². The molecule has 0 amide bonds. The van der Waals surface area contributed by atoms with Crippen LogP contribution in [0.3, 0.4) is 0 Å². The summed E-state index contributed by atoms with van der Waals surface area (Å²) in [6, 6.07) is 4.79.